The van der Waals surface area contributed by atoms with Gasteiger partial charge in [-0.2, -0.15) is 4.31 Å². The normalized spacial score (nSPS) is 16.4. The number of halogens is 1. The van der Waals surface area contributed by atoms with Gasteiger partial charge in [0, 0.05) is 12.2 Å². The second kappa shape index (κ2) is 8.49. The van der Waals surface area contributed by atoms with Crippen molar-refractivity contribution in [2.75, 3.05) is 12.4 Å². The summed E-state index contributed by atoms with van der Waals surface area (Å²) in [7, 11) is -2.48. The molecule has 0 saturated carbocycles. The summed E-state index contributed by atoms with van der Waals surface area (Å²) >= 11 is 0. The van der Waals surface area contributed by atoms with E-state index in [1.807, 2.05) is 24.3 Å². The zero-order valence-electron chi connectivity index (χ0n) is 16.8. The molecule has 1 aliphatic rings. The molecule has 0 unspecified atom stereocenters. The van der Waals surface area contributed by atoms with Crippen LogP contribution in [-0.4, -0.2) is 31.8 Å². The Bertz CT molecular complexity index is 1210. The fraction of sp³-hybridized carbons (Fsp3) is 0.174. The third-order valence-corrected chi connectivity index (χ3v) is 7.14. The number of benzene rings is 3. The highest BCUT2D eigenvalue weighted by Crippen LogP contribution is 2.30. The molecule has 31 heavy (non-hydrogen) atoms. The molecule has 8 heteroatoms. The molecule has 1 N–H and O–H groups in total. The Morgan fingerprint density at radius 3 is 2.42 bits per heavy atom. The van der Waals surface area contributed by atoms with Crippen LogP contribution < -0.4 is 10.1 Å². The number of amides is 1. The van der Waals surface area contributed by atoms with E-state index in [2.05, 4.69) is 5.32 Å². The first-order chi connectivity index (χ1) is 14.9. The number of nitrogens with zero attached hydrogens (tertiary/aromatic N) is 1. The molecule has 1 heterocycles. The van der Waals surface area contributed by atoms with Crippen LogP contribution in [0.4, 0.5) is 10.1 Å². The topological polar surface area (TPSA) is 75.7 Å². The number of nitrogens with one attached hydrogen (secondary N) is 1. The van der Waals surface area contributed by atoms with Gasteiger partial charge in [0.2, 0.25) is 15.9 Å². The van der Waals surface area contributed by atoms with Crippen LogP contribution >= 0.6 is 0 Å². The minimum atomic E-state index is -3.98. The number of sulfonamides is 1. The standard InChI is InChI=1S/C23H21FN2O4S/c1-30-20-9-11-21(12-10-20)31(28,29)26-15-17-6-3-2-5-16(17)13-22(26)23(27)25-19-8-4-7-18(24)14-19/h2-12,14,22H,13,15H2,1H3,(H,25,27)/t22-/m0/s1. The van der Waals surface area contributed by atoms with Gasteiger partial charge in [-0.3, -0.25) is 4.79 Å². The first-order valence-corrected chi connectivity index (χ1v) is 11.1. The number of anilines is 1. The average molecular weight is 440 g/mol. The summed E-state index contributed by atoms with van der Waals surface area (Å²) in [5.74, 6) is -0.477. The van der Waals surface area contributed by atoms with E-state index in [-0.39, 0.29) is 23.5 Å². The molecule has 0 fully saturated rings. The molecule has 0 aliphatic carbocycles. The van der Waals surface area contributed by atoms with Crippen LogP contribution in [0.15, 0.2) is 77.7 Å². The van der Waals surface area contributed by atoms with E-state index < -0.39 is 27.8 Å². The smallest absolute Gasteiger partial charge is 0.244 e. The second-order valence-electron chi connectivity index (χ2n) is 7.21. The summed E-state index contributed by atoms with van der Waals surface area (Å²) < 4.78 is 46.8. The van der Waals surface area contributed by atoms with Crippen LogP contribution in [-0.2, 0) is 27.8 Å². The van der Waals surface area contributed by atoms with Gasteiger partial charge in [0.1, 0.15) is 17.6 Å². The van der Waals surface area contributed by atoms with Gasteiger partial charge in [0.15, 0.2) is 0 Å². The van der Waals surface area contributed by atoms with Crippen LogP contribution in [0.2, 0.25) is 0 Å². The molecular weight excluding hydrogens is 419 g/mol. The van der Waals surface area contributed by atoms with Crippen molar-refractivity contribution in [1.82, 2.24) is 4.31 Å². The van der Waals surface area contributed by atoms with E-state index >= 15 is 0 Å². The first kappa shape index (κ1) is 21.0. The number of methoxy groups -OCH3 is 1. The SMILES string of the molecule is COc1ccc(S(=O)(=O)N2Cc3ccccc3C[C@H]2C(=O)Nc2cccc(F)c2)cc1. The molecule has 0 aromatic heterocycles. The van der Waals surface area contributed by atoms with E-state index in [1.165, 1.54) is 41.7 Å². The quantitative estimate of drug-likeness (QED) is 0.658. The summed E-state index contributed by atoms with van der Waals surface area (Å²) in [5, 5.41) is 2.65. The van der Waals surface area contributed by atoms with E-state index in [0.717, 1.165) is 11.1 Å². The lowest BCUT2D eigenvalue weighted by molar-refractivity contribution is -0.120. The van der Waals surface area contributed by atoms with Crippen molar-refractivity contribution >= 4 is 21.6 Å². The van der Waals surface area contributed by atoms with E-state index in [9.17, 15) is 17.6 Å². The first-order valence-electron chi connectivity index (χ1n) is 9.67. The zero-order valence-corrected chi connectivity index (χ0v) is 17.6. The van der Waals surface area contributed by atoms with Crippen molar-refractivity contribution in [3.8, 4) is 5.75 Å². The highest BCUT2D eigenvalue weighted by molar-refractivity contribution is 7.89. The molecule has 0 spiro atoms. The lowest BCUT2D eigenvalue weighted by atomic mass is 9.95. The van der Waals surface area contributed by atoms with Crippen LogP contribution in [0, 0.1) is 5.82 Å². The van der Waals surface area contributed by atoms with Gasteiger partial charge in [-0.15, -0.1) is 0 Å². The monoisotopic (exact) mass is 440 g/mol. The van der Waals surface area contributed by atoms with Crippen molar-refractivity contribution in [1.29, 1.82) is 0 Å². The van der Waals surface area contributed by atoms with Gasteiger partial charge < -0.3 is 10.1 Å². The van der Waals surface area contributed by atoms with Gasteiger partial charge in [-0.05, 0) is 60.0 Å². The molecule has 3 aromatic carbocycles. The highest BCUT2D eigenvalue weighted by atomic mass is 32.2. The molecule has 1 aliphatic heterocycles. The Morgan fingerprint density at radius 1 is 1.03 bits per heavy atom. The number of fused-ring (bicyclic) bond motifs is 1. The Hall–Kier alpha value is -3.23. The largest absolute Gasteiger partial charge is 0.497 e. The number of carbonyl (C=O) groups is 1. The molecule has 4 rings (SSSR count). The molecule has 3 aromatic rings. The van der Waals surface area contributed by atoms with E-state index in [0.29, 0.717) is 5.75 Å². The fourth-order valence-corrected chi connectivity index (χ4v) is 5.22. The number of carbonyl (C=O) groups excluding carboxylic acids is 1. The summed E-state index contributed by atoms with van der Waals surface area (Å²) in [6.45, 7) is 0.0613. The van der Waals surface area contributed by atoms with Gasteiger partial charge >= 0.3 is 0 Å². The lowest BCUT2D eigenvalue weighted by Gasteiger charge is -2.35. The maximum absolute atomic E-state index is 13.5. The number of hydrogen-bond acceptors (Lipinski definition) is 4. The van der Waals surface area contributed by atoms with Gasteiger partial charge in [0.25, 0.3) is 0 Å². The second-order valence-corrected chi connectivity index (χ2v) is 9.10. The van der Waals surface area contributed by atoms with E-state index in [4.69, 9.17) is 4.74 Å². The predicted octanol–water partition coefficient (Wildman–Crippen LogP) is 3.59. The fourth-order valence-electron chi connectivity index (χ4n) is 3.65. The van der Waals surface area contributed by atoms with Crippen molar-refractivity contribution in [3.63, 3.8) is 0 Å². The van der Waals surface area contributed by atoms with Crippen LogP contribution in [0.3, 0.4) is 0 Å². The molecule has 1 atom stereocenters. The number of rotatable bonds is 5. The van der Waals surface area contributed by atoms with Crippen molar-refractivity contribution in [2.24, 2.45) is 0 Å². The molecule has 0 saturated heterocycles. The Labute approximate surface area is 180 Å². The molecule has 0 bridgehead atoms. The number of ether oxygens (including phenoxy) is 1. The molecule has 160 valence electrons. The maximum Gasteiger partial charge on any atom is 0.244 e. The lowest BCUT2D eigenvalue weighted by Crippen LogP contribution is -2.50. The van der Waals surface area contributed by atoms with E-state index in [1.54, 1.807) is 18.2 Å². The predicted molar refractivity (Wildman–Crippen MR) is 115 cm³/mol. The molecular formula is C23H21FN2O4S. The van der Waals surface area contributed by atoms with Crippen LogP contribution in [0.25, 0.3) is 0 Å². The maximum atomic E-state index is 13.5. The summed E-state index contributed by atoms with van der Waals surface area (Å²) in [6, 6.07) is 18.0. The minimum Gasteiger partial charge on any atom is -0.497 e. The third kappa shape index (κ3) is 4.30. The Morgan fingerprint density at radius 2 is 1.74 bits per heavy atom. The van der Waals surface area contributed by atoms with Gasteiger partial charge in [0.05, 0.1) is 12.0 Å². The highest BCUT2D eigenvalue weighted by Gasteiger charge is 2.39. The van der Waals surface area contributed by atoms with Crippen molar-refractivity contribution in [3.05, 3.63) is 89.7 Å². The van der Waals surface area contributed by atoms with Gasteiger partial charge in [-0.1, -0.05) is 30.3 Å². The zero-order chi connectivity index (χ0) is 22.0. The van der Waals surface area contributed by atoms with Crippen LogP contribution in [0.5, 0.6) is 5.75 Å². The summed E-state index contributed by atoms with van der Waals surface area (Å²) in [6.07, 6.45) is 0.215. The van der Waals surface area contributed by atoms with Gasteiger partial charge in [-0.25, -0.2) is 12.8 Å². The Balaban J connectivity index is 1.70. The summed E-state index contributed by atoms with van der Waals surface area (Å²) in [5.41, 5.74) is 2.02. The number of hydrogen-bond donors (Lipinski definition) is 1. The average Bonchev–Trinajstić information content (AvgIpc) is 2.78. The third-order valence-electron chi connectivity index (χ3n) is 5.27. The minimum absolute atomic E-state index is 0.0613. The molecule has 6 nitrogen and oxygen atoms in total. The van der Waals surface area contributed by atoms with Crippen molar-refractivity contribution in [2.45, 2.75) is 23.9 Å². The van der Waals surface area contributed by atoms with Crippen molar-refractivity contribution < 1.29 is 22.3 Å². The summed E-state index contributed by atoms with van der Waals surface area (Å²) in [4.78, 5) is 13.2. The Kier molecular flexibility index (Phi) is 5.75. The van der Waals surface area contributed by atoms with Crippen LogP contribution in [0.1, 0.15) is 11.1 Å². The molecule has 0 radical (unpaired) electrons. The molecule has 1 amide bonds.